The van der Waals surface area contributed by atoms with Crippen LogP contribution >= 0.6 is 11.8 Å². The van der Waals surface area contributed by atoms with Crippen LogP contribution in [-0.4, -0.2) is 36.3 Å². The van der Waals surface area contributed by atoms with Gasteiger partial charge in [-0.25, -0.2) is 4.39 Å². The second-order valence-corrected chi connectivity index (χ2v) is 4.87. The second-order valence-electron chi connectivity index (χ2n) is 3.88. The minimum Gasteiger partial charge on any atom is -0.383 e. The van der Waals surface area contributed by atoms with Gasteiger partial charge in [-0.15, -0.1) is 0 Å². The summed E-state index contributed by atoms with van der Waals surface area (Å²) < 4.78 is 17.6. The molecule has 1 aliphatic heterocycles. The minimum atomic E-state index is -0.342. The molecule has 0 bridgehead atoms. The van der Waals surface area contributed by atoms with Crippen molar-refractivity contribution in [3.63, 3.8) is 0 Å². The highest BCUT2D eigenvalue weighted by molar-refractivity contribution is 8.18. The van der Waals surface area contributed by atoms with Crippen LogP contribution in [0.1, 0.15) is 5.56 Å². The molecular weight excluding hydrogens is 269 g/mol. The van der Waals surface area contributed by atoms with Crippen molar-refractivity contribution >= 4 is 29.0 Å². The minimum absolute atomic E-state index is 0.238. The van der Waals surface area contributed by atoms with Crippen molar-refractivity contribution in [3.8, 4) is 0 Å². The van der Waals surface area contributed by atoms with Gasteiger partial charge in [-0.05, 0) is 35.5 Å². The van der Waals surface area contributed by atoms with Crippen molar-refractivity contribution in [1.29, 1.82) is 0 Å². The average molecular weight is 281 g/mol. The molecule has 6 heteroatoms. The molecule has 100 valence electrons. The molecule has 1 aliphatic rings. The highest BCUT2D eigenvalue weighted by atomic mass is 32.2. The molecule has 0 aliphatic carbocycles. The Morgan fingerprint density at radius 2 is 2.00 bits per heavy atom. The summed E-state index contributed by atoms with van der Waals surface area (Å²) in [6.45, 7) is 0.545. The number of carbonyl (C=O) groups excluding carboxylic acids is 2. The van der Waals surface area contributed by atoms with Gasteiger partial charge in [-0.1, -0.05) is 12.1 Å². The maximum absolute atomic E-state index is 12.8. The molecule has 1 aromatic rings. The van der Waals surface area contributed by atoms with E-state index in [1.54, 1.807) is 18.2 Å². The normalized spacial score (nSPS) is 17.6. The van der Waals surface area contributed by atoms with Crippen molar-refractivity contribution in [2.24, 2.45) is 0 Å². The van der Waals surface area contributed by atoms with Crippen LogP contribution in [0.25, 0.3) is 6.08 Å². The van der Waals surface area contributed by atoms with Gasteiger partial charge in [-0.3, -0.25) is 14.5 Å². The van der Waals surface area contributed by atoms with Crippen LogP contribution in [0, 0.1) is 5.82 Å². The number of rotatable bonds is 4. The summed E-state index contributed by atoms with van der Waals surface area (Å²) in [5.74, 6) is -0.679. The number of halogens is 1. The number of ether oxygens (including phenoxy) is 1. The first-order valence-electron chi connectivity index (χ1n) is 5.61. The Hall–Kier alpha value is -1.66. The largest absolute Gasteiger partial charge is 0.383 e. The summed E-state index contributed by atoms with van der Waals surface area (Å²) in [6, 6.07) is 5.72. The Morgan fingerprint density at radius 3 is 2.63 bits per heavy atom. The van der Waals surface area contributed by atoms with Crippen molar-refractivity contribution in [2.75, 3.05) is 20.3 Å². The number of hydrogen-bond donors (Lipinski definition) is 0. The first kappa shape index (κ1) is 13.8. The average Bonchev–Trinajstić information content (AvgIpc) is 2.65. The summed E-state index contributed by atoms with van der Waals surface area (Å²) >= 11 is 0.880. The molecule has 0 unspecified atom stereocenters. The maximum Gasteiger partial charge on any atom is 0.293 e. The number of thioether (sulfide) groups is 1. The maximum atomic E-state index is 12.8. The Kier molecular flexibility index (Phi) is 4.34. The van der Waals surface area contributed by atoms with E-state index in [1.807, 2.05) is 0 Å². The van der Waals surface area contributed by atoms with E-state index in [-0.39, 0.29) is 23.5 Å². The van der Waals surface area contributed by atoms with E-state index in [9.17, 15) is 14.0 Å². The van der Waals surface area contributed by atoms with E-state index in [4.69, 9.17) is 4.74 Å². The topological polar surface area (TPSA) is 46.6 Å². The van der Waals surface area contributed by atoms with Gasteiger partial charge in [0.05, 0.1) is 18.1 Å². The molecular formula is C13H12FNO3S. The van der Waals surface area contributed by atoms with Gasteiger partial charge in [0, 0.05) is 7.11 Å². The molecule has 0 spiro atoms. The second kappa shape index (κ2) is 5.99. The third kappa shape index (κ3) is 3.21. The lowest BCUT2D eigenvalue weighted by Gasteiger charge is -2.10. The lowest BCUT2D eigenvalue weighted by molar-refractivity contribution is -0.123. The molecule has 0 radical (unpaired) electrons. The molecule has 0 atom stereocenters. The first-order chi connectivity index (χ1) is 9.11. The molecule has 0 aromatic heterocycles. The van der Waals surface area contributed by atoms with Gasteiger partial charge in [0.2, 0.25) is 0 Å². The molecule has 1 saturated heterocycles. The van der Waals surface area contributed by atoms with E-state index < -0.39 is 0 Å². The van der Waals surface area contributed by atoms with E-state index in [0.29, 0.717) is 17.1 Å². The lowest BCUT2D eigenvalue weighted by atomic mass is 10.2. The van der Waals surface area contributed by atoms with Crippen LogP contribution in [0.2, 0.25) is 0 Å². The summed E-state index contributed by atoms with van der Waals surface area (Å²) in [5, 5.41) is -0.310. The summed E-state index contributed by atoms with van der Waals surface area (Å²) in [4.78, 5) is 25.1. The van der Waals surface area contributed by atoms with E-state index >= 15 is 0 Å². The summed E-state index contributed by atoms with van der Waals surface area (Å²) in [6.07, 6.45) is 1.58. The summed E-state index contributed by atoms with van der Waals surface area (Å²) in [7, 11) is 1.51. The predicted molar refractivity (Wildman–Crippen MR) is 71.0 cm³/mol. The fourth-order valence-corrected chi connectivity index (χ4v) is 2.45. The highest BCUT2D eigenvalue weighted by Gasteiger charge is 2.34. The zero-order chi connectivity index (χ0) is 13.8. The Balaban J connectivity index is 2.16. The predicted octanol–water partition coefficient (Wildman–Crippen LogP) is 2.51. The first-order valence-corrected chi connectivity index (χ1v) is 6.43. The number of nitrogens with zero attached hydrogens (tertiary/aromatic N) is 1. The van der Waals surface area contributed by atoms with Gasteiger partial charge in [0.1, 0.15) is 5.82 Å². The molecule has 1 fully saturated rings. The van der Waals surface area contributed by atoms with Crippen molar-refractivity contribution < 1.29 is 18.7 Å². The fourth-order valence-electron chi connectivity index (χ4n) is 1.59. The van der Waals surface area contributed by atoms with Gasteiger partial charge in [0.25, 0.3) is 11.1 Å². The van der Waals surface area contributed by atoms with E-state index in [1.165, 1.54) is 19.2 Å². The Labute approximate surface area is 114 Å². The van der Waals surface area contributed by atoms with Crippen molar-refractivity contribution in [1.82, 2.24) is 4.90 Å². The number of hydrogen-bond acceptors (Lipinski definition) is 4. The third-order valence-corrected chi connectivity index (χ3v) is 3.47. The van der Waals surface area contributed by atoms with Crippen LogP contribution in [-0.2, 0) is 9.53 Å². The highest BCUT2D eigenvalue weighted by Crippen LogP contribution is 2.31. The summed E-state index contributed by atoms with van der Waals surface area (Å²) in [5.41, 5.74) is 0.679. The number of imide groups is 1. The lowest BCUT2D eigenvalue weighted by Crippen LogP contribution is -2.31. The molecule has 2 rings (SSSR count). The monoisotopic (exact) mass is 281 g/mol. The molecule has 1 aromatic carbocycles. The zero-order valence-corrected chi connectivity index (χ0v) is 11.1. The van der Waals surface area contributed by atoms with E-state index in [0.717, 1.165) is 16.7 Å². The number of methoxy groups -OCH3 is 1. The SMILES string of the molecule is COCCN1C(=O)S/C(=C/c2ccc(F)cc2)C1=O. The fraction of sp³-hybridized carbons (Fsp3) is 0.231. The molecule has 0 saturated carbocycles. The van der Waals surface area contributed by atoms with Gasteiger partial charge >= 0.3 is 0 Å². The molecule has 4 nitrogen and oxygen atoms in total. The van der Waals surface area contributed by atoms with Crippen molar-refractivity contribution in [2.45, 2.75) is 0 Å². The quantitative estimate of drug-likeness (QED) is 0.796. The van der Waals surface area contributed by atoms with Crippen LogP contribution in [0.3, 0.4) is 0 Å². The van der Waals surface area contributed by atoms with Crippen LogP contribution in [0.4, 0.5) is 9.18 Å². The molecule has 19 heavy (non-hydrogen) atoms. The van der Waals surface area contributed by atoms with Gasteiger partial charge < -0.3 is 4.74 Å². The van der Waals surface area contributed by atoms with Crippen molar-refractivity contribution in [3.05, 3.63) is 40.6 Å². The smallest absolute Gasteiger partial charge is 0.293 e. The molecule has 0 N–H and O–H groups in total. The standard InChI is InChI=1S/C13H12FNO3S/c1-18-7-6-15-12(16)11(19-13(15)17)8-9-2-4-10(14)5-3-9/h2-5,8H,6-7H2,1H3/b11-8+. The van der Waals surface area contributed by atoms with Gasteiger partial charge in [-0.2, -0.15) is 0 Å². The number of amides is 2. The number of benzene rings is 1. The zero-order valence-electron chi connectivity index (χ0n) is 10.3. The Bertz CT molecular complexity index is 527. The van der Waals surface area contributed by atoms with Crippen LogP contribution in [0.15, 0.2) is 29.2 Å². The van der Waals surface area contributed by atoms with E-state index in [2.05, 4.69) is 0 Å². The van der Waals surface area contributed by atoms with Crippen LogP contribution < -0.4 is 0 Å². The number of carbonyl (C=O) groups is 2. The molecule has 1 heterocycles. The van der Waals surface area contributed by atoms with Gasteiger partial charge in [0.15, 0.2) is 0 Å². The third-order valence-electron chi connectivity index (χ3n) is 2.56. The van der Waals surface area contributed by atoms with Crippen LogP contribution in [0.5, 0.6) is 0 Å². The Morgan fingerprint density at radius 1 is 1.32 bits per heavy atom. The molecule has 2 amide bonds.